The maximum atomic E-state index is 13.3. The molecule has 1 aliphatic carbocycles. The van der Waals surface area contributed by atoms with Crippen LogP contribution in [0.25, 0.3) is 11.3 Å². The molecule has 0 atom stereocenters. The number of ether oxygens (including phenoxy) is 1. The van der Waals surface area contributed by atoms with Crippen LogP contribution in [-0.4, -0.2) is 27.1 Å². The number of nitrogens with zero attached hydrogens (tertiary/aromatic N) is 3. The van der Waals surface area contributed by atoms with E-state index < -0.39 is 0 Å². The molecule has 0 spiro atoms. The molecule has 5 heteroatoms. The number of aromatic nitrogens is 2. The normalized spacial score (nSPS) is 14.0. The van der Waals surface area contributed by atoms with Crippen molar-refractivity contribution in [3.05, 3.63) is 66.2 Å². The first-order valence-corrected chi connectivity index (χ1v) is 11.3. The fraction of sp³-hybridized carbons (Fsp3) is 0.385. The molecule has 2 aromatic carbocycles. The van der Waals surface area contributed by atoms with Crippen molar-refractivity contribution >= 4 is 5.91 Å². The summed E-state index contributed by atoms with van der Waals surface area (Å²) in [5.41, 5.74) is 2.85. The summed E-state index contributed by atoms with van der Waals surface area (Å²) in [5.74, 6) is 1.87. The number of hydrogen-bond donors (Lipinski definition) is 0. The van der Waals surface area contributed by atoms with Gasteiger partial charge in [-0.25, -0.2) is 4.68 Å². The summed E-state index contributed by atoms with van der Waals surface area (Å²) < 4.78 is 8.08. The lowest BCUT2D eigenvalue weighted by molar-refractivity contribution is -0.136. The van der Waals surface area contributed by atoms with Crippen LogP contribution in [0, 0.1) is 5.92 Å². The van der Waals surface area contributed by atoms with Crippen molar-refractivity contribution in [1.82, 2.24) is 14.7 Å². The number of hydrogen-bond acceptors (Lipinski definition) is 3. The van der Waals surface area contributed by atoms with Gasteiger partial charge in [-0.05, 0) is 31.4 Å². The Kier molecular flexibility index (Phi) is 6.70. The van der Waals surface area contributed by atoms with Crippen LogP contribution in [0.2, 0.25) is 0 Å². The van der Waals surface area contributed by atoms with E-state index in [0.29, 0.717) is 12.4 Å². The van der Waals surface area contributed by atoms with E-state index in [4.69, 9.17) is 9.84 Å². The van der Waals surface area contributed by atoms with Gasteiger partial charge in [0.25, 0.3) is 0 Å². The van der Waals surface area contributed by atoms with Crippen LogP contribution in [0.1, 0.15) is 44.6 Å². The molecule has 1 heterocycles. The van der Waals surface area contributed by atoms with Crippen LogP contribution in [-0.2, 0) is 18.4 Å². The van der Waals surface area contributed by atoms with E-state index in [1.165, 1.54) is 0 Å². The summed E-state index contributed by atoms with van der Waals surface area (Å²) in [6, 6.07) is 19.9. The average molecular weight is 418 g/mol. The smallest absolute Gasteiger partial charge is 0.225 e. The molecule has 3 aromatic rings. The summed E-state index contributed by atoms with van der Waals surface area (Å²) in [5, 5.41) is 4.80. The molecule has 0 bridgehead atoms. The van der Waals surface area contributed by atoms with Crippen molar-refractivity contribution < 1.29 is 9.53 Å². The second-order valence-electron chi connectivity index (χ2n) is 8.28. The Bertz CT molecular complexity index is 992. The Morgan fingerprint density at radius 3 is 2.35 bits per heavy atom. The van der Waals surface area contributed by atoms with Crippen LogP contribution in [0.4, 0.5) is 0 Å². The molecule has 0 saturated heterocycles. The Labute approximate surface area is 184 Å². The van der Waals surface area contributed by atoms with Gasteiger partial charge >= 0.3 is 0 Å². The molecule has 1 fully saturated rings. The molecule has 0 radical (unpaired) electrons. The molecule has 4 rings (SSSR count). The van der Waals surface area contributed by atoms with E-state index in [9.17, 15) is 4.79 Å². The van der Waals surface area contributed by atoms with Crippen molar-refractivity contribution in [3.8, 4) is 22.9 Å². The molecule has 162 valence electrons. The van der Waals surface area contributed by atoms with Gasteiger partial charge in [0.05, 0.1) is 12.1 Å². The number of aryl methyl sites for hydroxylation is 1. The lowest BCUT2D eigenvalue weighted by Gasteiger charge is -2.26. The van der Waals surface area contributed by atoms with E-state index in [1.54, 1.807) is 4.68 Å². The minimum Gasteiger partial charge on any atom is -0.439 e. The molecular weight excluding hydrogens is 386 g/mol. The first-order chi connectivity index (χ1) is 15.2. The number of carbonyl (C=O) groups excluding carboxylic acids is 1. The fourth-order valence-corrected chi connectivity index (χ4v) is 4.41. The summed E-state index contributed by atoms with van der Waals surface area (Å²) in [6.07, 6.45) is 5.24. The van der Waals surface area contributed by atoms with Crippen molar-refractivity contribution in [3.63, 3.8) is 0 Å². The monoisotopic (exact) mass is 417 g/mol. The first-order valence-electron chi connectivity index (χ1n) is 11.3. The Hall–Kier alpha value is -3.08. The molecule has 1 aromatic heterocycles. The van der Waals surface area contributed by atoms with Crippen molar-refractivity contribution in [1.29, 1.82) is 0 Å². The van der Waals surface area contributed by atoms with Crippen molar-refractivity contribution in [2.75, 3.05) is 6.54 Å². The Balaban J connectivity index is 1.72. The minimum absolute atomic E-state index is 0.155. The molecule has 0 N–H and O–H groups in total. The maximum absolute atomic E-state index is 13.3. The third kappa shape index (κ3) is 4.82. The average Bonchev–Trinajstić information content (AvgIpc) is 3.44. The molecule has 5 nitrogen and oxygen atoms in total. The van der Waals surface area contributed by atoms with E-state index >= 15 is 0 Å². The highest BCUT2D eigenvalue weighted by Crippen LogP contribution is 2.35. The molecule has 1 amide bonds. The summed E-state index contributed by atoms with van der Waals surface area (Å²) in [6.45, 7) is 3.37. The zero-order valence-corrected chi connectivity index (χ0v) is 18.5. The number of para-hydroxylation sites is 1. The van der Waals surface area contributed by atoms with Gasteiger partial charge in [-0.15, -0.1) is 0 Å². The highest BCUT2D eigenvalue weighted by atomic mass is 16.5. The van der Waals surface area contributed by atoms with E-state index in [1.807, 2.05) is 60.5 Å². The maximum Gasteiger partial charge on any atom is 0.225 e. The molecule has 31 heavy (non-hydrogen) atoms. The van der Waals surface area contributed by atoms with Crippen molar-refractivity contribution in [2.45, 2.75) is 45.6 Å². The summed E-state index contributed by atoms with van der Waals surface area (Å²) in [4.78, 5) is 15.3. The van der Waals surface area contributed by atoms with E-state index in [0.717, 1.165) is 61.2 Å². The van der Waals surface area contributed by atoms with Gasteiger partial charge in [-0.1, -0.05) is 68.3 Å². The first kappa shape index (κ1) is 21.2. The third-order valence-corrected chi connectivity index (χ3v) is 5.95. The summed E-state index contributed by atoms with van der Waals surface area (Å²) >= 11 is 0. The Morgan fingerprint density at radius 1 is 1.06 bits per heavy atom. The predicted molar refractivity (Wildman–Crippen MR) is 123 cm³/mol. The quantitative estimate of drug-likeness (QED) is 0.465. The molecular formula is C26H31N3O2. The minimum atomic E-state index is 0.155. The molecule has 0 aliphatic heterocycles. The molecule has 1 aliphatic rings. The topological polar surface area (TPSA) is 47.4 Å². The van der Waals surface area contributed by atoms with Gasteiger partial charge in [0.1, 0.15) is 11.4 Å². The second-order valence-corrected chi connectivity index (χ2v) is 8.28. The number of benzene rings is 2. The Morgan fingerprint density at radius 2 is 1.71 bits per heavy atom. The van der Waals surface area contributed by atoms with Crippen LogP contribution < -0.4 is 4.74 Å². The lowest BCUT2D eigenvalue weighted by Crippen LogP contribution is -2.35. The molecule has 0 unspecified atom stereocenters. The van der Waals surface area contributed by atoms with Crippen LogP contribution >= 0.6 is 0 Å². The lowest BCUT2D eigenvalue weighted by atomic mass is 10.0. The number of amides is 1. The van der Waals surface area contributed by atoms with Gasteiger partial charge in [-0.2, -0.15) is 5.10 Å². The van der Waals surface area contributed by atoms with Crippen LogP contribution in [0.15, 0.2) is 60.7 Å². The van der Waals surface area contributed by atoms with Gasteiger partial charge in [0.15, 0.2) is 0 Å². The van der Waals surface area contributed by atoms with Crippen LogP contribution in [0.3, 0.4) is 0 Å². The highest BCUT2D eigenvalue weighted by Gasteiger charge is 2.29. The number of rotatable bonds is 8. The second kappa shape index (κ2) is 9.82. The largest absolute Gasteiger partial charge is 0.439 e. The molecule has 1 saturated carbocycles. The van der Waals surface area contributed by atoms with Crippen LogP contribution in [0.5, 0.6) is 11.6 Å². The predicted octanol–water partition coefficient (Wildman–Crippen LogP) is 5.81. The van der Waals surface area contributed by atoms with Crippen molar-refractivity contribution in [2.24, 2.45) is 13.0 Å². The van der Waals surface area contributed by atoms with E-state index in [2.05, 4.69) is 19.1 Å². The zero-order valence-electron chi connectivity index (χ0n) is 18.5. The third-order valence-electron chi connectivity index (χ3n) is 5.95. The van der Waals surface area contributed by atoms with Gasteiger partial charge in [-0.3, -0.25) is 4.79 Å². The highest BCUT2D eigenvalue weighted by molar-refractivity contribution is 5.79. The van der Waals surface area contributed by atoms with Gasteiger partial charge < -0.3 is 9.64 Å². The van der Waals surface area contributed by atoms with E-state index in [-0.39, 0.29) is 11.8 Å². The SMILES string of the molecule is CCCN(Cc1c(-c2ccccc2)nn(C)c1Oc1ccccc1)C(=O)C1CCCC1. The standard InChI is InChI=1S/C26H31N3O2/c1-3-18-29(25(30)21-14-10-11-15-21)19-23-24(20-12-6-4-7-13-20)27-28(2)26(23)31-22-16-8-5-9-17-22/h4-9,12-13,16-17,21H,3,10-11,14-15,18-19H2,1-2H3. The zero-order chi connectivity index (χ0) is 21.6. The van der Waals surface area contributed by atoms with Gasteiger partial charge in [0.2, 0.25) is 11.8 Å². The fourth-order valence-electron chi connectivity index (χ4n) is 4.41. The summed E-state index contributed by atoms with van der Waals surface area (Å²) in [7, 11) is 1.90. The number of carbonyl (C=O) groups is 1. The van der Waals surface area contributed by atoms with Gasteiger partial charge in [0, 0.05) is 25.1 Å².